The fraction of sp³-hybridized carbons (Fsp3) is 0.571. The van der Waals surface area contributed by atoms with Crippen LogP contribution < -0.4 is 4.74 Å². The number of allylic oxidation sites excluding steroid dienone is 3. The number of ether oxygens (including phenoxy) is 1. The second kappa shape index (κ2) is 8.86. The number of likely N-dealkylation sites (tertiary alicyclic amines) is 2. The van der Waals surface area contributed by atoms with Crippen LogP contribution in [-0.2, 0) is 13.0 Å². The summed E-state index contributed by atoms with van der Waals surface area (Å²) in [7, 11) is 0. The maximum atomic E-state index is 6.31. The maximum absolute atomic E-state index is 6.31. The molecule has 3 aliphatic heterocycles. The van der Waals surface area contributed by atoms with Crippen molar-refractivity contribution < 1.29 is 4.74 Å². The molecule has 0 aliphatic carbocycles. The zero-order chi connectivity index (χ0) is 22.1. The molecule has 0 bridgehead atoms. The summed E-state index contributed by atoms with van der Waals surface area (Å²) in [5.74, 6) is 1.15. The molecule has 0 saturated carbocycles. The Bertz CT molecular complexity index is 861. The van der Waals surface area contributed by atoms with Gasteiger partial charge in [0.1, 0.15) is 11.4 Å². The Morgan fingerprint density at radius 2 is 1.74 bits per heavy atom. The first-order chi connectivity index (χ1) is 14.8. The van der Waals surface area contributed by atoms with Gasteiger partial charge in [-0.25, -0.2) is 0 Å². The van der Waals surface area contributed by atoms with E-state index >= 15 is 0 Å². The first-order valence-electron chi connectivity index (χ1n) is 12.1. The van der Waals surface area contributed by atoms with Crippen molar-refractivity contribution in [1.82, 2.24) is 9.80 Å². The molecule has 0 N–H and O–H groups in total. The summed E-state index contributed by atoms with van der Waals surface area (Å²) < 4.78 is 6.31. The van der Waals surface area contributed by atoms with Crippen LogP contribution in [0.3, 0.4) is 0 Å². The average molecular weight is 421 g/mol. The van der Waals surface area contributed by atoms with Gasteiger partial charge in [-0.3, -0.25) is 4.90 Å². The molecule has 2 fully saturated rings. The van der Waals surface area contributed by atoms with Crippen LogP contribution in [0, 0.1) is 5.41 Å². The number of rotatable bonds is 5. The second-order valence-corrected chi connectivity index (χ2v) is 10.4. The molecule has 3 heterocycles. The summed E-state index contributed by atoms with van der Waals surface area (Å²) in [5.41, 5.74) is 5.65. The van der Waals surface area contributed by atoms with Gasteiger partial charge in [0.2, 0.25) is 0 Å². The van der Waals surface area contributed by atoms with E-state index < -0.39 is 0 Å². The molecule has 3 nitrogen and oxygen atoms in total. The van der Waals surface area contributed by atoms with Gasteiger partial charge in [0, 0.05) is 37.3 Å². The molecule has 2 saturated heterocycles. The van der Waals surface area contributed by atoms with Crippen molar-refractivity contribution in [2.75, 3.05) is 26.2 Å². The van der Waals surface area contributed by atoms with Gasteiger partial charge in [0.25, 0.3) is 0 Å². The Hall–Kier alpha value is -2.00. The van der Waals surface area contributed by atoms with Gasteiger partial charge < -0.3 is 9.64 Å². The minimum atomic E-state index is -0.0673. The molecule has 0 amide bonds. The van der Waals surface area contributed by atoms with Crippen LogP contribution in [0.4, 0.5) is 0 Å². The van der Waals surface area contributed by atoms with E-state index in [0.29, 0.717) is 5.41 Å². The molecule has 1 spiro atoms. The molecule has 0 aromatic heterocycles. The molecule has 0 unspecified atom stereocenters. The normalized spacial score (nSPS) is 23.2. The van der Waals surface area contributed by atoms with Gasteiger partial charge in [0.15, 0.2) is 0 Å². The lowest BCUT2D eigenvalue weighted by molar-refractivity contribution is 0.0423. The summed E-state index contributed by atoms with van der Waals surface area (Å²) in [5, 5.41) is 0. The van der Waals surface area contributed by atoms with Gasteiger partial charge >= 0.3 is 0 Å². The predicted molar refractivity (Wildman–Crippen MR) is 130 cm³/mol. The summed E-state index contributed by atoms with van der Waals surface area (Å²) in [6.45, 7) is 18.7. The molecule has 168 valence electrons. The Morgan fingerprint density at radius 1 is 1.06 bits per heavy atom. The monoisotopic (exact) mass is 420 g/mol. The van der Waals surface area contributed by atoms with E-state index in [1.807, 2.05) is 0 Å². The molecule has 4 rings (SSSR count). The minimum absolute atomic E-state index is 0.0673. The van der Waals surface area contributed by atoms with Crippen LogP contribution in [0.2, 0.25) is 0 Å². The lowest BCUT2D eigenvalue weighted by atomic mass is 9.71. The Balaban J connectivity index is 1.32. The molecule has 1 aromatic carbocycles. The number of hydrogen-bond acceptors (Lipinski definition) is 3. The number of nitrogens with zero attached hydrogens (tertiary/aromatic N) is 2. The molecule has 1 aromatic rings. The molecular weight excluding hydrogens is 380 g/mol. The summed E-state index contributed by atoms with van der Waals surface area (Å²) in [6, 6.07) is 6.70. The number of benzene rings is 1. The maximum Gasteiger partial charge on any atom is 0.127 e. The van der Waals surface area contributed by atoms with Crippen molar-refractivity contribution in [3.63, 3.8) is 0 Å². The largest absolute Gasteiger partial charge is 0.487 e. The van der Waals surface area contributed by atoms with Crippen LogP contribution in [0.25, 0.3) is 0 Å². The van der Waals surface area contributed by atoms with Crippen LogP contribution in [0.5, 0.6) is 5.75 Å². The lowest BCUT2D eigenvalue weighted by Gasteiger charge is -2.48. The Kier molecular flexibility index (Phi) is 6.35. The zero-order valence-corrected chi connectivity index (χ0v) is 20.0. The van der Waals surface area contributed by atoms with Gasteiger partial charge in [-0.1, -0.05) is 43.0 Å². The van der Waals surface area contributed by atoms with E-state index in [1.54, 1.807) is 0 Å². The highest BCUT2D eigenvalue weighted by molar-refractivity contribution is 5.45. The van der Waals surface area contributed by atoms with Crippen molar-refractivity contribution in [1.29, 1.82) is 0 Å². The highest BCUT2D eigenvalue weighted by atomic mass is 16.5. The van der Waals surface area contributed by atoms with E-state index in [9.17, 15) is 0 Å². The molecule has 31 heavy (non-hydrogen) atoms. The minimum Gasteiger partial charge on any atom is -0.487 e. The lowest BCUT2D eigenvalue weighted by Crippen LogP contribution is -2.46. The quantitative estimate of drug-likeness (QED) is 0.534. The fourth-order valence-electron chi connectivity index (χ4n) is 5.70. The van der Waals surface area contributed by atoms with Crippen molar-refractivity contribution in [3.05, 3.63) is 65.4 Å². The van der Waals surface area contributed by atoms with Gasteiger partial charge in [-0.2, -0.15) is 0 Å². The molecule has 3 heteroatoms. The average Bonchev–Trinajstić information content (AvgIpc) is 3.09. The Labute approximate surface area is 189 Å². The van der Waals surface area contributed by atoms with Crippen molar-refractivity contribution in [2.45, 2.75) is 71.9 Å². The van der Waals surface area contributed by atoms with Gasteiger partial charge in [-0.05, 0) is 83.0 Å². The van der Waals surface area contributed by atoms with E-state index in [0.717, 1.165) is 31.8 Å². The first kappa shape index (κ1) is 22.2. The number of para-hydroxylation sites is 1. The van der Waals surface area contributed by atoms with Gasteiger partial charge in [0.05, 0.1) is 0 Å². The second-order valence-electron chi connectivity index (χ2n) is 10.4. The Morgan fingerprint density at radius 3 is 2.39 bits per heavy atom. The molecule has 0 radical (unpaired) electrons. The smallest absolute Gasteiger partial charge is 0.127 e. The zero-order valence-electron chi connectivity index (χ0n) is 20.0. The number of fused-ring (bicyclic) bond motifs is 1. The SMILES string of the molecule is C=C(C(/C=C\C)=C/C)N1CCC2(CCN(Cc3cccc4c3OC(C)(C)C4)CC2)CC1. The van der Waals surface area contributed by atoms with Crippen molar-refractivity contribution in [3.8, 4) is 5.75 Å². The highest BCUT2D eigenvalue weighted by Gasteiger charge is 2.38. The number of hydrogen-bond donors (Lipinski definition) is 0. The van der Waals surface area contributed by atoms with Crippen LogP contribution in [0.1, 0.15) is 64.5 Å². The van der Waals surface area contributed by atoms with Crippen molar-refractivity contribution >= 4 is 0 Å². The third-order valence-corrected chi connectivity index (χ3v) is 7.68. The topological polar surface area (TPSA) is 15.7 Å². The van der Waals surface area contributed by atoms with Crippen LogP contribution >= 0.6 is 0 Å². The van der Waals surface area contributed by atoms with Crippen molar-refractivity contribution in [2.24, 2.45) is 5.41 Å². The molecule has 0 atom stereocenters. The van der Waals surface area contributed by atoms with E-state index in [2.05, 4.69) is 80.5 Å². The van der Waals surface area contributed by atoms with E-state index in [4.69, 9.17) is 4.74 Å². The summed E-state index contributed by atoms with van der Waals surface area (Å²) in [4.78, 5) is 5.14. The third-order valence-electron chi connectivity index (χ3n) is 7.68. The van der Waals surface area contributed by atoms with Crippen LogP contribution in [-0.4, -0.2) is 41.6 Å². The predicted octanol–water partition coefficient (Wildman–Crippen LogP) is 6.11. The summed E-state index contributed by atoms with van der Waals surface area (Å²) in [6.07, 6.45) is 12.7. The van der Waals surface area contributed by atoms with Gasteiger partial charge in [-0.15, -0.1) is 0 Å². The highest BCUT2D eigenvalue weighted by Crippen LogP contribution is 2.43. The van der Waals surface area contributed by atoms with E-state index in [-0.39, 0.29) is 5.60 Å². The van der Waals surface area contributed by atoms with E-state index in [1.165, 1.54) is 61.2 Å². The fourth-order valence-corrected chi connectivity index (χ4v) is 5.70. The standard InChI is InChI=1S/C28H40N2O/c1-6-9-23(7-2)22(3)30-18-14-28(15-19-30)12-16-29(17-13-28)21-25-11-8-10-24-20-27(4,5)31-26(24)25/h6-11H,3,12-21H2,1-2,4-5H3/b9-6-,23-7+. The third kappa shape index (κ3) is 4.77. The summed E-state index contributed by atoms with van der Waals surface area (Å²) >= 11 is 0. The molecule has 3 aliphatic rings. The number of piperidine rings is 2. The molecular formula is C28H40N2O. The van der Waals surface area contributed by atoms with Crippen LogP contribution in [0.15, 0.2) is 54.3 Å². The first-order valence-corrected chi connectivity index (χ1v) is 12.1.